The van der Waals surface area contributed by atoms with Gasteiger partial charge < -0.3 is 10.2 Å². The van der Waals surface area contributed by atoms with E-state index < -0.39 is 11.7 Å². The molecule has 0 radical (unpaired) electrons. The number of ketones is 1. The van der Waals surface area contributed by atoms with E-state index >= 15 is 0 Å². The van der Waals surface area contributed by atoms with Gasteiger partial charge in [-0.1, -0.05) is 24.6 Å². The molecule has 0 fully saturated rings. The summed E-state index contributed by atoms with van der Waals surface area (Å²) < 4.78 is 0. The fourth-order valence-electron chi connectivity index (χ4n) is 2.28. The largest absolute Gasteiger partial charge is 0.390 e. The molecule has 0 heterocycles. The zero-order valence-corrected chi connectivity index (χ0v) is 11.7. The van der Waals surface area contributed by atoms with Crippen molar-refractivity contribution in [2.45, 2.75) is 52.2 Å². The maximum Gasteiger partial charge on any atom is 0.155 e. The maximum absolute atomic E-state index is 11.7. The number of carbonyl (C=O) groups is 1. The Morgan fingerprint density at radius 2 is 2.17 bits per heavy atom. The summed E-state index contributed by atoms with van der Waals surface area (Å²) in [6.07, 6.45) is 5.46. The van der Waals surface area contributed by atoms with Gasteiger partial charge in [-0.15, -0.1) is 0 Å². The van der Waals surface area contributed by atoms with Crippen molar-refractivity contribution in [3.8, 4) is 0 Å². The van der Waals surface area contributed by atoms with Crippen LogP contribution in [-0.4, -0.2) is 27.7 Å². The minimum absolute atomic E-state index is 0.128. The first kappa shape index (κ1) is 15.1. The van der Waals surface area contributed by atoms with E-state index in [1.54, 1.807) is 19.1 Å². The summed E-state index contributed by atoms with van der Waals surface area (Å²) in [6, 6.07) is 0. The van der Waals surface area contributed by atoms with E-state index in [9.17, 15) is 15.0 Å². The zero-order valence-electron chi connectivity index (χ0n) is 11.7. The number of hydrogen-bond donors (Lipinski definition) is 2. The number of aliphatic hydroxyl groups is 2. The van der Waals surface area contributed by atoms with Crippen molar-refractivity contribution in [1.29, 1.82) is 0 Å². The van der Waals surface area contributed by atoms with Gasteiger partial charge in [-0.3, -0.25) is 4.79 Å². The van der Waals surface area contributed by atoms with Crippen LogP contribution >= 0.6 is 0 Å². The third-order valence-electron chi connectivity index (χ3n) is 3.55. The Balaban J connectivity index is 2.62. The fourth-order valence-corrected chi connectivity index (χ4v) is 2.28. The van der Waals surface area contributed by atoms with E-state index in [2.05, 4.69) is 0 Å². The lowest BCUT2D eigenvalue weighted by atomic mass is 9.77. The quantitative estimate of drug-likeness (QED) is 0.596. The SMILES string of the molecule is CC(C)=CC(=O)CC(C)C1C=CC(C)(O)C(O)C1. The van der Waals surface area contributed by atoms with Crippen LogP contribution in [0.1, 0.15) is 40.5 Å². The molecule has 4 atom stereocenters. The van der Waals surface area contributed by atoms with Gasteiger partial charge in [0.1, 0.15) is 5.60 Å². The van der Waals surface area contributed by atoms with Gasteiger partial charge in [-0.05, 0) is 45.1 Å². The summed E-state index contributed by atoms with van der Waals surface area (Å²) in [7, 11) is 0. The molecule has 0 spiro atoms. The average Bonchev–Trinajstić information content (AvgIpc) is 2.20. The van der Waals surface area contributed by atoms with Crippen LogP contribution in [0.3, 0.4) is 0 Å². The van der Waals surface area contributed by atoms with Crippen molar-refractivity contribution in [2.24, 2.45) is 11.8 Å². The third-order valence-corrected chi connectivity index (χ3v) is 3.55. The van der Waals surface area contributed by atoms with E-state index in [4.69, 9.17) is 0 Å². The molecule has 0 aromatic carbocycles. The highest BCUT2D eigenvalue weighted by Gasteiger charge is 2.34. The Morgan fingerprint density at radius 3 is 2.67 bits per heavy atom. The first-order valence-corrected chi connectivity index (χ1v) is 6.50. The Labute approximate surface area is 109 Å². The van der Waals surface area contributed by atoms with Crippen LogP contribution in [0.4, 0.5) is 0 Å². The Kier molecular flexibility index (Phi) is 4.88. The molecular formula is C15H24O3. The molecule has 3 heteroatoms. The lowest BCUT2D eigenvalue weighted by molar-refractivity contribution is -0.115. The summed E-state index contributed by atoms with van der Waals surface area (Å²) in [5.74, 6) is 0.451. The predicted molar refractivity (Wildman–Crippen MR) is 72.1 cm³/mol. The Hall–Kier alpha value is -0.930. The van der Waals surface area contributed by atoms with E-state index in [1.165, 1.54) is 0 Å². The van der Waals surface area contributed by atoms with Crippen LogP contribution in [0.5, 0.6) is 0 Å². The van der Waals surface area contributed by atoms with Crippen molar-refractivity contribution in [3.63, 3.8) is 0 Å². The summed E-state index contributed by atoms with van der Waals surface area (Å²) in [6.45, 7) is 7.43. The summed E-state index contributed by atoms with van der Waals surface area (Å²) in [5.41, 5.74) is -0.130. The third kappa shape index (κ3) is 4.07. The lowest BCUT2D eigenvalue weighted by Crippen LogP contribution is -2.42. The van der Waals surface area contributed by atoms with E-state index in [0.717, 1.165) is 5.57 Å². The molecular weight excluding hydrogens is 228 g/mol. The van der Waals surface area contributed by atoms with Gasteiger partial charge in [0.15, 0.2) is 5.78 Å². The van der Waals surface area contributed by atoms with Crippen LogP contribution in [0, 0.1) is 11.8 Å². The fraction of sp³-hybridized carbons (Fsp3) is 0.667. The van der Waals surface area contributed by atoms with E-state index in [0.29, 0.717) is 12.8 Å². The molecule has 1 aliphatic rings. The molecule has 0 amide bonds. The van der Waals surface area contributed by atoms with Crippen LogP contribution in [0.25, 0.3) is 0 Å². The van der Waals surface area contributed by atoms with Crippen molar-refractivity contribution >= 4 is 5.78 Å². The highest BCUT2D eigenvalue weighted by atomic mass is 16.3. The van der Waals surface area contributed by atoms with Gasteiger partial charge in [0, 0.05) is 6.42 Å². The lowest BCUT2D eigenvalue weighted by Gasteiger charge is -2.35. The zero-order chi connectivity index (χ0) is 13.9. The molecule has 0 bridgehead atoms. The van der Waals surface area contributed by atoms with Gasteiger partial charge in [0.25, 0.3) is 0 Å². The van der Waals surface area contributed by atoms with Gasteiger partial charge in [-0.2, -0.15) is 0 Å². The van der Waals surface area contributed by atoms with Crippen LogP contribution < -0.4 is 0 Å². The molecule has 4 unspecified atom stereocenters. The van der Waals surface area contributed by atoms with Gasteiger partial charge >= 0.3 is 0 Å². The summed E-state index contributed by atoms with van der Waals surface area (Å²) in [5, 5.41) is 19.7. The van der Waals surface area contributed by atoms with Crippen LogP contribution in [0.2, 0.25) is 0 Å². The molecule has 0 saturated carbocycles. The second-order valence-corrected chi connectivity index (χ2v) is 5.87. The summed E-state index contributed by atoms with van der Waals surface area (Å²) in [4.78, 5) is 11.7. The molecule has 0 aliphatic heterocycles. The van der Waals surface area contributed by atoms with E-state index in [-0.39, 0.29) is 17.6 Å². The van der Waals surface area contributed by atoms with Crippen molar-refractivity contribution in [1.82, 2.24) is 0 Å². The van der Waals surface area contributed by atoms with Gasteiger partial charge in [0.2, 0.25) is 0 Å². The smallest absolute Gasteiger partial charge is 0.155 e. The molecule has 0 saturated heterocycles. The van der Waals surface area contributed by atoms with Crippen molar-refractivity contribution in [3.05, 3.63) is 23.8 Å². The molecule has 1 aliphatic carbocycles. The second kappa shape index (κ2) is 5.81. The molecule has 0 aromatic heterocycles. The molecule has 102 valence electrons. The molecule has 1 rings (SSSR count). The minimum atomic E-state index is -1.14. The molecule has 3 nitrogen and oxygen atoms in total. The number of carbonyl (C=O) groups excluding carboxylic acids is 1. The average molecular weight is 252 g/mol. The van der Waals surface area contributed by atoms with Gasteiger partial charge in [-0.25, -0.2) is 0 Å². The Morgan fingerprint density at radius 1 is 1.56 bits per heavy atom. The van der Waals surface area contributed by atoms with Gasteiger partial charge in [0.05, 0.1) is 6.10 Å². The highest BCUT2D eigenvalue weighted by Crippen LogP contribution is 2.31. The van der Waals surface area contributed by atoms with Crippen molar-refractivity contribution < 1.29 is 15.0 Å². The summed E-state index contributed by atoms with van der Waals surface area (Å²) >= 11 is 0. The molecule has 0 aromatic rings. The number of aliphatic hydroxyl groups excluding tert-OH is 1. The standard InChI is InChI=1S/C15H24O3/c1-10(2)7-13(16)8-11(3)12-5-6-15(4,18)14(17)9-12/h5-7,11-12,14,17-18H,8-9H2,1-4H3. The second-order valence-electron chi connectivity index (χ2n) is 5.87. The topological polar surface area (TPSA) is 57.5 Å². The number of rotatable bonds is 4. The normalized spacial score (nSPS) is 33.0. The van der Waals surface area contributed by atoms with E-state index in [1.807, 2.05) is 26.8 Å². The minimum Gasteiger partial charge on any atom is -0.390 e. The Bertz CT molecular complexity index is 362. The monoisotopic (exact) mass is 252 g/mol. The highest BCUT2D eigenvalue weighted by molar-refractivity contribution is 5.90. The number of hydrogen-bond acceptors (Lipinski definition) is 3. The van der Waals surface area contributed by atoms with Crippen LogP contribution in [0.15, 0.2) is 23.8 Å². The predicted octanol–water partition coefficient (Wildman–Crippen LogP) is 2.24. The van der Waals surface area contributed by atoms with Crippen LogP contribution in [-0.2, 0) is 4.79 Å². The molecule has 2 N–H and O–H groups in total. The first-order valence-electron chi connectivity index (χ1n) is 6.50. The number of allylic oxidation sites excluding steroid dienone is 3. The maximum atomic E-state index is 11.7. The van der Waals surface area contributed by atoms with Crippen molar-refractivity contribution in [2.75, 3.05) is 0 Å². The molecule has 18 heavy (non-hydrogen) atoms. The first-order chi connectivity index (χ1) is 8.22.